The largest absolute Gasteiger partial charge is 0.497 e. The van der Waals surface area contributed by atoms with Gasteiger partial charge in [0.2, 0.25) is 0 Å². The summed E-state index contributed by atoms with van der Waals surface area (Å²) < 4.78 is 10.6. The van der Waals surface area contributed by atoms with Crippen molar-refractivity contribution < 1.29 is 14.3 Å². The number of hydrogen-bond donors (Lipinski definition) is 2. The van der Waals surface area contributed by atoms with Crippen LogP contribution in [0, 0.1) is 0 Å². The summed E-state index contributed by atoms with van der Waals surface area (Å²) in [7, 11) is 1.57. The number of carbonyl (C=O) groups excluding carboxylic acids is 1. The summed E-state index contributed by atoms with van der Waals surface area (Å²) in [5, 5.41) is 3.59. The van der Waals surface area contributed by atoms with Crippen molar-refractivity contribution in [2.24, 2.45) is 0 Å². The van der Waals surface area contributed by atoms with Gasteiger partial charge in [0.05, 0.1) is 25.9 Å². The standard InChI is InChI=1S/C16H18N2O4/c1-9-5-11(8-22-9)17-15(19)13-7-10-6-12(21-2)3-4-14(10)18-16(13)20/h3-4,6-7,9,11H,5,8H2,1-2H3,(H,17,19)(H,18,20). The molecule has 1 aromatic carbocycles. The summed E-state index contributed by atoms with van der Waals surface area (Å²) in [6, 6.07) is 6.83. The van der Waals surface area contributed by atoms with E-state index in [0.29, 0.717) is 17.9 Å². The molecule has 2 heterocycles. The SMILES string of the molecule is COc1ccc2[nH]c(=O)c(C(=O)NC3COC(C)C3)cc2c1. The summed E-state index contributed by atoms with van der Waals surface area (Å²) in [6.45, 7) is 2.44. The maximum absolute atomic E-state index is 12.3. The summed E-state index contributed by atoms with van der Waals surface area (Å²) in [6.07, 6.45) is 0.884. The van der Waals surface area contributed by atoms with Gasteiger partial charge in [-0.2, -0.15) is 0 Å². The number of aromatic nitrogens is 1. The predicted octanol–water partition coefficient (Wildman–Crippen LogP) is 1.44. The fraction of sp³-hybridized carbons (Fsp3) is 0.375. The molecule has 116 valence electrons. The zero-order valence-electron chi connectivity index (χ0n) is 12.5. The maximum Gasteiger partial charge on any atom is 0.261 e. The molecule has 2 unspecified atom stereocenters. The molecule has 1 aliphatic rings. The van der Waals surface area contributed by atoms with Crippen LogP contribution in [0.15, 0.2) is 29.1 Å². The molecule has 2 aromatic rings. The average Bonchev–Trinajstić information content (AvgIpc) is 2.91. The molecule has 22 heavy (non-hydrogen) atoms. The Morgan fingerprint density at radius 1 is 1.41 bits per heavy atom. The van der Waals surface area contributed by atoms with Gasteiger partial charge in [0, 0.05) is 10.9 Å². The van der Waals surface area contributed by atoms with Crippen LogP contribution in [0.5, 0.6) is 5.75 Å². The molecule has 2 N–H and O–H groups in total. The molecule has 0 spiro atoms. The second-order valence-corrected chi connectivity index (χ2v) is 5.52. The molecular weight excluding hydrogens is 284 g/mol. The van der Waals surface area contributed by atoms with E-state index in [2.05, 4.69) is 10.3 Å². The quantitative estimate of drug-likeness (QED) is 0.899. The Labute approximate surface area is 127 Å². The molecule has 1 saturated heterocycles. The number of nitrogens with one attached hydrogen (secondary N) is 2. The highest BCUT2D eigenvalue weighted by Gasteiger charge is 2.24. The smallest absolute Gasteiger partial charge is 0.261 e. The molecule has 0 aliphatic carbocycles. The van der Waals surface area contributed by atoms with Crippen molar-refractivity contribution in [1.29, 1.82) is 0 Å². The van der Waals surface area contributed by atoms with Crippen LogP contribution in [-0.4, -0.2) is 36.8 Å². The van der Waals surface area contributed by atoms with E-state index in [1.54, 1.807) is 31.4 Å². The first-order chi connectivity index (χ1) is 10.6. The van der Waals surface area contributed by atoms with Gasteiger partial charge in [-0.1, -0.05) is 0 Å². The third-order valence-corrected chi connectivity index (χ3v) is 3.83. The van der Waals surface area contributed by atoms with Gasteiger partial charge in [-0.3, -0.25) is 9.59 Å². The maximum atomic E-state index is 12.3. The van der Waals surface area contributed by atoms with Crippen molar-refractivity contribution in [3.05, 3.63) is 40.2 Å². The van der Waals surface area contributed by atoms with E-state index in [4.69, 9.17) is 9.47 Å². The number of hydrogen-bond acceptors (Lipinski definition) is 4. The molecule has 1 amide bonds. The number of aromatic amines is 1. The zero-order chi connectivity index (χ0) is 15.7. The van der Waals surface area contributed by atoms with E-state index in [1.807, 2.05) is 6.92 Å². The third kappa shape index (κ3) is 2.82. The first-order valence-electron chi connectivity index (χ1n) is 7.20. The fourth-order valence-electron chi connectivity index (χ4n) is 2.66. The van der Waals surface area contributed by atoms with Crippen LogP contribution in [-0.2, 0) is 4.74 Å². The number of carbonyl (C=O) groups is 1. The average molecular weight is 302 g/mol. The lowest BCUT2D eigenvalue weighted by atomic mass is 10.1. The Balaban J connectivity index is 1.90. The van der Waals surface area contributed by atoms with E-state index in [0.717, 1.165) is 11.8 Å². The van der Waals surface area contributed by atoms with Gasteiger partial charge in [0.1, 0.15) is 11.3 Å². The second-order valence-electron chi connectivity index (χ2n) is 5.52. The Hall–Kier alpha value is -2.34. The van der Waals surface area contributed by atoms with Gasteiger partial charge < -0.3 is 19.8 Å². The number of benzene rings is 1. The zero-order valence-corrected chi connectivity index (χ0v) is 12.5. The summed E-state index contributed by atoms with van der Waals surface area (Å²) >= 11 is 0. The van der Waals surface area contributed by atoms with Gasteiger partial charge in [0.15, 0.2) is 0 Å². The Bertz CT molecular complexity index is 768. The van der Waals surface area contributed by atoms with Crippen LogP contribution in [0.2, 0.25) is 0 Å². The highest BCUT2D eigenvalue weighted by atomic mass is 16.5. The molecule has 1 fully saturated rings. The van der Waals surface area contributed by atoms with Crippen LogP contribution in [0.3, 0.4) is 0 Å². The first-order valence-corrected chi connectivity index (χ1v) is 7.20. The van der Waals surface area contributed by atoms with Crippen molar-refractivity contribution in [2.45, 2.75) is 25.5 Å². The molecular formula is C16H18N2O4. The summed E-state index contributed by atoms with van der Waals surface area (Å²) in [4.78, 5) is 27.1. The monoisotopic (exact) mass is 302 g/mol. The van der Waals surface area contributed by atoms with Gasteiger partial charge in [-0.15, -0.1) is 0 Å². The normalized spacial score (nSPS) is 21.0. The molecule has 1 aliphatic heterocycles. The fourth-order valence-corrected chi connectivity index (χ4v) is 2.66. The van der Waals surface area contributed by atoms with E-state index < -0.39 is 5.56 Å². The highest BCUT2D eigenvalue weighted by molar-refractivity contribution is 5.97. The Kier molecular flexibility index (Phi) is 3.85. The van der Waals surface area contributed by atoms with Crippen molar-refractivity contribution in [3.8, 4) is 5.75 Å². The minimum Gasteiger partial charge on any atom is -0.497 e. The molecule has 0 saturated carbocycles. The van der Waals surface area contributed by atoms with E-state index in [9.17, 15) is 9.59 Å². The lowest BCUT2D eigenvalue weighted by Crippen LogP contribution is -2.38. The van der Waals surface area contributed by atoms with E-state index in [1.165, 1.54) is 0 Å². The second kappa shape index (κ2) is 5.81. The van der Waals surface area contributed by atoms with Gasteiger partial charge >= 0.3 is 0 Å². The molecule has 6 nitrogen and oxygen atoms in total. The van der Waals surface area contributed by atoms with Crippen LogP contribution in [0.25, 0.3) is 10.9 Å². The van der Waals surface area contributed by atoms with E-state index in [-0.39, 0.29) is 23.6 Å². The molecule has 6 heteroatoms. The molecule has 1 aromatic heterocycles. The van der Waals surface area contributed by atoms with Crippen molar-refractivity contribution >= 4 is 16.8 Å². The van der Waals surface area contributed by atoms with Crippen LogP contribution < -0.4 is 15.6 Å². The molecule has 0 radical (unpaired) electrons. The number of rotatable bonds is 3. The molecule has 3 rings (SSSR count). The van der Waals surface area contributed by atoms with Gasteiger partial charge in [-0.25, -0.2) is 0 Å². The Morgan fingerprint density at radius 3 is 2.91 bits per heavy atom. The van der Waals surface area contributed by atoms with E-state index >= 15 is 0 Å². The number of ether oxygens (including phenoxy) is 2. The van der Waals surface area contributed by atoms with Gasteiger partial charge in [0.25, 0.3) is 11.5 Å². The topological polar surface area (TPSA) is 80.4 Å². The van der Waals surface area contributed by atoms with Crippen LogP contribution in [0.4, 0.5) is 0 Å². The summed E-state index contributed by atoms with van der Waals surface area (Å²) in [5.74, 6) is 0.289. The number of methoxy groups -OCH3 is 1. The molecule has 0 bridgehead atoms. The third-order valence-electron chi connectivity index (χ3n) is 3.83. The van der Waals surface area contributed by atoms with Gasteiger partial charge in [-0.05, 0) is 37.6 Å². The predicted molar refractivity (Wildman–Crippen MR) is 82.4 cm³/mol. The molecule has 2 atom stereocenters. The number of amides is 1. The van der Waals surface area contributed by atoms with Crippen molar-refractivity contribution in [1.82, 2.24) is 10.3 Å². The van der Waals surface area contributed by atoms with Crippen molar-refractivity contribution in [2.75, 3.05) is 13.7 Å². The lowest BCUT2D eigenvalue weighted by molar-refractivity contribution is 0.0918. The first kappa shape index (κ1) is 14.6. The lowest BCUT2D eigenvalue weighted by Gasteiger charge is -2.11. The number of H-pyrrole nitrogens is 1. The van der Waals surface area contributed by atoms with Crippen LogP contribution in [0.1, 0.15) is 23.7 Å². The minimum atomic E-state index is -0.401. The van der Waals surface area contributed by atoms with Crippen LogP contribution >= 0.6 is 0 Å². The Morgan fingerprint density at radius 2 is 2.23 bits per heavy atom. The highest BCUT2D eigenvalue weighted by Crippen LogP contribution is 2.19. The number of fused-ring (bicyclic) bond motifs is 1. The minimum absolute atomic E-state index is 0.0529. The summed E-state index contributed by atoms with van der Waals surface area (Å²) in [5.41, 5.74) is 0.364. The number of pyridine rings is 1. The van der Waals surface area contributed by atoms with Crippen molar-refractivity contribution in [3.63, 3.8) is 0 Å².